The monoisotopic (exact) mass is 195 g/mol. The van der Waals surface area contributed by atoms with Crippen molar-refractivity contribution < 1.29 is 9.13 Å². The SMILES string of the molecule is Cc1ccc(OC2(C)CNC2)c(F)c1. The van der Waals surface area contributed by atoms with Crippen LogP contribution >= 0.6 is 0 Å². The summed E-state index contributed by atoms with van der Waals surface area (Å²) in [5.41, 5.74) is 0.669. The Morgan fingerprint density at radius 3 is 2.64 bits per heavy atom. The Morgan fingerprint density at radius 2 is 2.14 bits per heavy atom. The number of rotatable bonds is 2. The molecule has 0 bridgehead atoms. The second kappa shape index (κ2) is 3.24. The second-order valence-corrected chi connectivity index (χ2v) is 4.09. The fourth-order valence-electron chi connectivity index (χ4n) is 1.50. The van der Waals surface area contributed by atoms with Gasteiger partial charge >= 0.3 is 0 Å². The number of hydrogen-bond acceptors (Lipinski definition) is 2. The fourth-order valence-corrected chi connectivity index (χ4v) is 1.50. The zero-order chi connectivity index (χ0) is 10.2. The first-order chi connectivity index (χ1) is 6.59. The van der Waals surface area contributed by atoms with Crippen LogP contribution in [0.4, 0.5) is 4.39 Å². The molecule has 3 heteroatoms. The molecular weight excluding hydrogens is 181 g/mol. The second-order valence-electron chi connectivity index (χ2n) is 4.09. The van der Waals surface area contributed by atoms with Gasteiger partial charge in [-0.25, -0.2) is 4.39 Å². The largest absolute Gasteiger partial charge is 0.482 e. The molecule has 1 heterocycles. The molecule has 0 aromatic heterocycles. The highest BCUT2D eigenvalue weighted by Gasteiger charge is 2.34. The van der Waals surface area contributed by atoms with E-state index in [1.165, 1.54) is 6.07 Å². The molecule has 0 saturated carbocycles. The third-order valence-electron chi connectivity index (χ3n) is 2.44. The summed E-state index contributed by atoms with van der Waals surface area (Å²) >= 11 is 0. The fraction of sp³-hybridized carbons (Fsp3) is 0.455. The van der Waals surface area contributed by atoms with Crippen LogP contribution in [0.1, 0.15) is 12.5 Å². The molecule has 1 N–H and O–H groups in total. The lowest BCUT2D eigenvalue weighted by atomic mass is 10.00. The molecule has 1 aliphatic heterocycles. The Kier molecular flexibility index (Phi) is 2.19. The molecule has 14 heavy (non-hydrogen) atoms. The van der Waals surface area contributed by atoms with Crippen molar-refractivity contribution in [2.24, 2.45) is 0 Å². The van der Waals surface area contributed by atoms with E-state index in [2.05, 4.69) is 5.32 Å². The Bertz CT molecular complexity index is 347. The van der Waals surface area contributed by atoms with Crippen molar-refractivity contribution in [3.8, 4) is 5.75 Å². The molecule has 0 spiro atoms. The van der Waals surface area contributed by atoms with Gasteiger partial charge in [-0.05, 0) is 31.5 Å². The predicted octanol–water partition coefficient (Wildman–Crippen LogP) is 1.87. The predicted molar refractivity (Wildman–Crippen MR) is 53.0 cm³/mol. The Balaban J connectivity index is 2.16. The first kappa shape index (κ1) is 9.46. The van der Waals surface area contributed by atoms with Crippen molar-refractivity contribution >= 4 is 0 Å². The Morgan fingerprint density at radius 1 is 1.43 bits per heavy atom. The van der Waals surface area contributed by atoms with Crippen LogP contribution < -0.4 is 10.1 Å². The van der Waals surface area contributed by atoms with Crippen LogP contribution in [0.2, 0.25) is 0 Å². The van der Waals surface area contributed by atoms with E-state index in [1.54, 1.807) is 6.07 Å². The van der Waals surface area contributed by atoms with E-state index in [4.69, 9.17) is 4.74 Å². The van der Waals surface area contributed by atoms with Gasteiger partial charge in [0.15, 0.2) is 11.6 Å². The van der Waals surface area contributed by atoms with Gasteiger partial charge in [-0.1, -0.05) is 6.07 Å². The average Bonchev–Trinajstić information content (AvgIpc) is 2.07. The average molecular weight is 195 g/mol. The highest BCUT2D eigenvalue weighted by atomic mass is 19.1. The molecule has 1 saturated heterocycles. The molecular formula is C11H14FNO. The number of aryl methyl sites for hydroxylation is 1. The van der Waals surface area contributed by atoms with Gasteiger partial charge in [0.2, 0.25) is 0 Å². The van der Waals surface area contributed by atoms with E-state index >= 15 is 0 Å². The lowest BCUT2D eigenvalue weighted by Crippen LogP contribution is -2.61. The maximum absolute atomic E-state index is 13.4. The highest BCUT2D eigenvalue weighted by Crippen LogP contribution is 2.25. The van der Waals surface area contributed by atoms with Crippen molar-refractivity contribution in [3.05, 3.63) is 29.6 Å². The zero-order valence-electron chi connectivity index (χ0n) is 8.43. The summed E-state index contributed by atoms with van der Waals surface area (Å²) in [6.07, 6.45) is 0. The van der Waals surface area contributed by atoms with Crippen LogP contribution in [0, 0.1) is 12.7 Å². The quantitative estimate of drug-likeness (QED) is 0.778. The Labute approximate surface area is 83.1 Å². The van der Waals surface area contributed by atoms with Crippen molar-refractivity contribution in [1.82, 2.24) is 5.32 Å². The summed E-state index contributed by atoms with van der Waals surface area (Å²) in [5, 5.41) is 3.11. The first-order valence-corrected chi connectivity index (χ1v) is 4.75. The van der Waals surface area contributed by atoms with E-state index in [0.717, 1.165) is 18.7 Å². The molecule has 1 aromatic rings. The lowest BCUT2D eigenvalue weighted by molar-refractivity contribution is 0.0311. The highest BCUT2D eigenvalue weighted by molar-refractivity contribution is 5.29. The molecule has 2 rings (SSSR count). The molecule has 0 radical (unpaired) electrons. The van der Waals surface area contributed by atoms with Crippen LogP contribution in [0.25, 0.3) is 0 Å². The normalized spacial score (nSPS) is 18.8. The van der Waals surface area contributed by atoms with Crippen LogP contribution in [-0.4, -0.2) is 18.7 Å². The summed E-state index contributed by atoms with van der Waals surface area (Å²) in [6, 6.07) is 5.03. The van der Waals surface area contributed by atoms with E-state index in [-0.39, 0.29) is 11.4 Å². The van der Waals surface area contributed by atoms with Gasteiger partial charge in [0, 0.05) is 13.1 Å². The third-order valence-corrected chi connectivity index (χ3v) is 2.44. The molecule has 1 aromatic carbocycles. The number of ether oxygens (including phenoxy) is 1. The van der Waals surface area contributed by atoms with Gasteiger partial charge in [-0.3, -0.25) is 0 Å². The van der Waals surface area contributed by atoms with Gasteiger partial charge < -0.3 is 10.1 Å². The molecule has 0 amide bonds. The van der Waals surface area contributed by atoms with Crippen molar-refractivity contribution in [2.75, 3.05) is 13.1 Å². The number of halogens is 1. The standard InChI is InChI=1S/C11H14FNO/c1-8-3-4-10(9(12)5-8)14-11(2)6-13-7-11/h3-5,13H,6-7H2,1-2H3. The summed E-state index contributed by atoms with van der Waals surface area (Å²) < 4.78 is 19.0. The topological polar surface area (TPSA) is 21.3 Å². The van der Waals surface area contributed by atoms with Gasteiger partial charge in [0.05, 0.1) is 0 Å². The van der Waals surface area contributed by atoms with Crippen molar-refractivity contribution in [1.29, 1.82) is 0 Å². The van der Waals surface area contributed by atoms with E-state index in [9.17, 15) is 4.39 Å². The van der Waals surface area contributed by atoms with E-state index in [1.807, 2.05) is 19.9 Å². The minimum atomic E-state index is -0.280. The van der Waals surface area contributed by atoms with Crippen LogP contribution in [-0.2, 0) is 0 Å². The number of hydrogen-bond donors (Lipinski definition) is 1. The molecule has 0 unspecified atom stereocenters. The molecule has 1 fully saturated rings. The van der Waals surface area contributed by atoms with Gasteiger partial charge in [0.25, 0.3) is 0 Å². The van der Waals surface area contributed by atoms with Crippen molar-refractivity contribution in [3.63, 3.8) is 0 Å². The smallest absolute Gasteiger partial charge is 0.165 e. The molecule has 0 atom stereocenters. The van der Waals surface area contributed by atoms with Gasteiger partial charge in [-0.2, -0.15) is 0 Å². The minimum absolute atomic E-state index is 0.240. The number of benzene rings is 1. The Hall–Kier alpha value is -1.09. The zero-order valence-corrected chi connectivity index (χ0v) is 8.43. The van der Waals surface area contributed by atoms with E-state index < -0.39 is 0 Å². The third kappa shape index (κ3) is 1.73. The summed E-state index contributed by atoms with van der Waals surface area (Å²) in [7, 11) is 0. The summed E-state index contributed by atoms with van der Waals surface area (Å²) in [5.74, 6) is 0.0673. The van der Waals surface area contributed by atoms with E-state index in [0.29, 0.717) is 5.75 Å². The van der Waals surface area contributed by atoms with Crippen molar-refractivity contribution in [2.45, 2.75) is 19.4 Å². The maximum atomic E-state index is 13.4. The molecule has 76 valence electrons. The number of nitrogens with one attached hydrogen (secondary N) is 1. The van der Waals surface area contributed by atoms with Crippen LogP contribution in [0.3, 0.4) is 0 Å². The summed E-state index contributed by atoms with van der Waals surface area (Å²) in [4.78, 5) is 0. The minimum Gasteiger partial charge on any atom is -0.482 e. The molecule has 2 nitrogen and oxygen atoms in total. The van der Waals surface area contributed by atoms with Crippen LogP contribution in [0.5, 0.6) is 5.75 Å². The van der Waals surface area contributed by atoms with Gasteiger partial charge in [-0.15, -0.1) is 0 Å². The van der Waals surface area contributed by atoms with Gasteiger partial charge in [0.1, 0.15) is 5.60 Å². The molecule has 1 aliphatic rings. The lowest BCUT2D eigenvalue weighted by Gasteiger charge is -2.39. The summed E-state index contributed by atoms with van der Waals surface area (Å²) in [6.45, 7) is 5.39. The first-order valence-electron chi connectivity index (χ1n) is 4.75. The maximum Gasteiger partial charge on any atom is 0.165 e. The van der Waals surface area contributed by atoms with Crippen LogP contribution in [0.15, 0.2) is 18.2 Å². The molecule has 0 aliphatic carbocycles.